The Morgan fingerprint density at radius 3 is 2.29 bits per heavy atom. The number of aryl methyl sites for hydroxylation is 3. The van der Waals surface area contributed by atoms with Gasteiger partial charge in [0.15, 0.2) is 0 Å². The Bertz CT molecular complexity index is 957. The van der Waals surface area contributed by atoms with Crippen molar-refractivity contribution in [3.63, 3.8) is 0 Å². The minimum Gasteiger partial charge on any atom is -0.336 e. The molecule has 0 unspecified atom stereocenters. The SMILES string of the molecule is Cc1ccc(CN2CCC(N3CCN(C(=O)c4c(C)nn(C)c4C)CC3=O)CC2)cc1. The molecule has 2 saturated heterocycles. The van der Waals surface area contributed by atoms with E-state index in [0.29, 0.717) is 18.7 Å². The first-order valence-electron chi connectivity index (χ1n) is 11.2. The number of carbonyl (C=O) groups excluding carboxylic acids is 2. The summed E-state index contributed by atoms with van der Waals surface area (Å²) < 4.78 is 1.73. The number of hydrogen-bond donors (Lipinski definition) is 0. The van der Waals surface area contributed by atoms with E-state index in [0.717, 1.165) is 43.9 Å². The molecule has 166 valence electrons. The fourth-order valence-electron chi connectivity index (χ4n) is 4.83. The molecule has 0 aliphatic carbocycles. The van der Waals surface area contributed by atoms with Crippen LogP contribution in [-0.4, -0.2) is 75.1 Å². The van der Waals surface area contributed by atoms with Gasteiger partial charge >= 0.3 is 0 Å². The van der Waals surface area contributed by atoms with E-state index in [4.69, 9.17) is 0 Å². The van der Waals surface area contributed by atoms with Crippen molar-refractivity contribution in [3.05, 3.63) is 52.3 Å². The van der Waals surface area contributed by atoms with Gasteiger partial charge in [-0.15, -0.1) is 0 Å². The first-order valence-corrected chi connectivity index (χ1v) is 11.2. The third-order valence-electron chi connectivity index (χ3n) is 6.79. The van der Waals surface area contributed by atoms with E-state index >= 15 is 0 Å². The highest BCUT2D eigenvalue weighted by atomic mass is 16.2. The molecule has 1 aromatic carbocycles. The van der Waals surface area contributed by atoms with E-state index in [9.17, 15) is 9.59 Å². The van der Waals surface area contributed by atoms with E-state index in [2.05, 4.69) is 41.2 Å². The van der Waals surface area contributed by atoms with Gasteiger partial charge in [0.05, 0.1) is 11.3 Å². The quantitative estimate of drug-likeness (QED) is 0.757. The number of hydrogen-bond acceptors (Lipinski definition) is 4. The van der Waals surface area contributed by atoms with Crippen molar-refractivity contribution < 1.29 is 9.59 Å². The average molecular weight is 424 g/mol. The standard InChI is InChI=1S/C24H33N5O2/c1-17-5-7-20(8-6-17)15-27-11-9-21(10-12-27)29-14-13-28(16-22(29)30)24(31)23-18(2)25-26(4)19(23)3/h5-8,21H,9-16H2,1-4H3. The van der Waals surface area contributed by atoms with Crippen LogP contribution < -0.4 is 0 Å². The summed E-state index contributed by atoms with van der Waals surface area (Å²) in [6.07, 6.45) is 1.98. The maximum absolute atomic E-state index is 13.0. The third-order valence-corrected chi connectivity index (χ3v) is 6.79. The summed E-state index contributed by atoms with van der Waals surface area (Å²) in [7, 11) is 1.84. The highest BCUT2D eigenvalue weighted by molar-refractivity contribution is 5.98. The summed E-state index contributed by atoms with van der Waals surface area (Å²) in [4.78, 5) is 32.1. The van der Waals surface area contributed by atoms with Crippen molar-refractivity contribution in [2.24, 2.45) is 7.05 Å². The van der Waals surface area contributed by atoms with Gasteiger partial charge in [-0.3, -0.25) is 19.2 Å². The lowest BCUT2D eigenvalue weighted by Crippen LogP contribution is -2.57. The number of piperazine rings is 1. The van der Waals surface area contributed by atoms with Gasteiger partial charge in [0.25, 0.3) is 5.91 Å². The average Bonchev–Trinajstić information content (AvgIpc) is 3.01. The van der Waals surface area contributed by atoms with Crippen molar-refractivity contribution in [1.29, 1.82) is 0 Å². The smallest absolute Gasteiger partial charge is 0.258 e. The lowest BCUT2D eigenvalue weighted by atomic mass is 10.0. The van der Waals surface area contributed by atoms with Crippen molar-refractivity contribution in [2.75, 3.05) is 32.7 Å². The van der Waals surface area contributed by atoms with Crippen LogP contribution in [0.2, 0.25) is 0 Å². The highest BCUT2D eigenvalue weighted by Crippen LogP contribution is 2.22. The van der Waals surface area contributed by atoms with Crippen LogP contribution in [0.25, 0.3) is 0 Å². The summed E-state index contributed by atoms with van der Waals surface area (Å²) in [5, 5.41) is 4.34. The molecule has 2 aliphatic rings. The second-order valence-electron chi connectivity index (χ2n) is 8.98. The molecule has 7 heteroatoms. The van der Waals surface area contributed by atoms with Crippen LogP contribution in [0.5, 0.6) is 0 Å². The predicted molar refractivity (Wildman–Crippen MR) is 120 cm³/mol. The lowest BCUT2D eigenvalue weighted by Gasteiger charge is -2.42. The Balaban J connectivity index is 1.31. The maximum Gasteiger partial charge on any atom is 0.258 e. The van der Waals surface area contributed by atoms with E-state index in [1.54, 1.807) is 9.58 Å². The number of aromatic nitrogens is 2. The number of piperidine rings is 1. The molecule has 31 heavy (non-hydrogen) atoms. The van der Waals surface area contributed by atoms with Crippen molar-refractivity contribution >= 4 is 11.8 Å². The fraction of sp³-hybridized carbons (Fsp3) is 0.542. The van der Waals surface area contributed by atoms with E-state index in [1.165, 1.54) is 11.1 Å². The van der Waals surface area contributed by atoms with Gasteiger partial charge in [-0.2, -0.15) is 5.10 Å². The molecule has 0 saturated carbocycles. The van der Waals surface area contributed by atoms with E-state index < -0.39 is 0 Å². The summed E-state index contributed by atoms with van der Waals surface area (Å²) in [5.41, 5.74) is 4.83. The van der Waals surface area contributed by atoms with E-state index in [-0.39, 0.29) is 24.4 Å². The monoisotopic (exact) mass is 423 g/mol. The molecular weight excluding hydrogens is 390 g/mol. The molecular formula is C24H33N5O2. The first-order chi connectivity index (χ1) is 14.8. The molecule has 7 nitrogen and oxygen atoms in total. The van der Waals surface area contributed by atoms with Crippen LogP contribution in [0, 0.1) is 20.8 Å². The first kappa shape index (κ1) is 21.6. The topological polar surface area (TPSA) is 61.7 Å². The highest BCUT2D eigenvalue weighted by Gasteiger charge is 2.34. The summed E-state index contributed by atoms with van der Waals surface area (Å²) >= 11 is 0. The Morgan fingerprint density at radius 2 is 1.71 bits per heavy atom. The fourth-order valence-corrected chi connectivity index (χ4v) is 4.83. The minimum atomic E-state index is -0.0796. The van der Waals surface area contributed by atoms with Crippen molar-refractivity contribution in [1.82, 2.24) is 24.5 Å². The van der Waals surface area contributed by atoms with Crippen LogP contribution in [0.15, 0.2) is 24.3 Å². The Hall–Kier alpha value is -2.67. The number of nitrogens with zero attached hydrogens (tertiary/aromatic N) is 5. The van der Waals surface area contributed by atoms with Crippen LogP contribution in [0.4, 0.5) is 0 Å². The Kier molecular flexibility index (Phi) is 6.14. The summed E-state index contributed by atoms with van der Waals surface area (Å²) in [6.45, 7) is 10.2. The lowest BCUT2D eigenvalue weighted by molar-refractivity contribution is -0.138. The van der Waals surface area contributed by atoms with Crippen LogP contribution >= 0.6 is 0 Å². The Morgan fingerprint density at radius 1 is 1.03 bits per heavy atom. The molecule has 0 spiro atoms. The molecule has 0 N–H and O–H groups in total. The number of rotatable bonds is 4. The molecule has 1 aromatic heterocycles. The zero-order valence-electron chi connectivity index (χ0n) is 19.1. The van der Waals surface area contributed by atoms with Gasteiger partial charge in [-0.1, -0.05) is 29.8 Å². The molecule has 0 bridgehead atoms. The number of likely N-dealkylation sites (tertiary alicyclic amines) is 1. The van der Waals surface area contributed by atoms with Gasteiger partial charge in [-0.05, 0) is 39.2 Å². The van der Waals surface area contributed by atoms with Crippen LogP contribution in [0.3, 0.4) is 0 Å². The number of amides is 2. The molecule has 0 atom stereocenters. The van der Waals surface area contributed by atoms with Gasteiger partial charge < -0.3 is 9.80 Å². The second kappa shape index (κ2) is 8.83. The van der Waals surface area contributed by atoms with Gasteiger partial charge in [0, 0.05) is 51.5 Å². The minimum absolute atomic E-state index is 0.0655. The molecule has 2 aliphatic heterocycles. The largest absolute Gasteiger partial charge is 0.336 e. The van der Waals surface area contributed by atoms with Crippen LogP contribution in [-0.2, 0) is 18.4 Å². The van der Waals surface area contributed by atoms with Crippen LogP contribution in [0.1, 0.15) is 45.7 Å². The zero-order chi connectivity index (χ0) is 22.1. The predicted octanol–water partition coefficient (Wildman–Crippen LogP) is 2.29. The Labute approximate surface area is 184 Å². The van der Waals surface area contributed by atoms with E-state index in [1.807, 2.05) is 25.8 Å². The van der Waals surface area contributed by atoms with Crippen molar-refractivity contribution in [3.8, 4) is 0 Å². The van der Waals surface area contributed by atoms with Gasteiger partial charge in [-0.25, -0.2) is 0 Å². The van der Waals surface area contributed by atoms with Gasteiger partial charge in [0.1, 0.15) is 6.54 Å². The molecule has 2 amide bonds. The summed E-state index contributed by atoms with van der Waals surface area (Å²) in [6, 6.07) is 9.01. The molecule has 4 rings (SSSR count). The number of benzene rings is 1. The summed E-state index contributed by atoms with van der Waals surface area (Å²) in [5.74, 6) is -0.0141. The van der Waals surface area contributed by atoms with Gasteiger partial charge in [0.2, 0.25) is 5.91 Å². The zero-order valence-corrected chi connectivity index (χ0v) is 19.1. The third kappa shape index (κ3) is 4.51. The second-order valence-corrected chi connectivity index (χ2v) is 8.98. The molecule has 2 aromatic rings. The molecule has 3 heterocycles. The normalized spacial score (nSPS) is 18.6. The van der Waals surface area contributed by atoms with Crippen molar-refractivity contribution in [2.45, 2.75) is 46.2 Å². The number of carbonyl (C=O) groups is 2. The molecule has 0 radical (unpaired) electrons. The molecule has 2 fully saturated rings. The maximum atomic E-state index is 13.0.